The molecule has 7 nitrogen and oxygen atoms in total. The van der Waals surface area contributed by atoms with Gasteiger partial charge in [0.15, 0.2) is 13.1 Å². The summed E-state index contributed by atoms with van der Waals surface area (Å²) in [5, 5.41) is 15.1. The van der Waals surface area contributed by atoms with Crippen molar-refractivity contribution in [3.05, 3.63) is 24.3 Å². The van der Waals surface area contributed by atoms with Crippen LogP contribution in [-0.4, -0.2) is 44.1 Å². The molecular weight excluding hydrogens is 332 g/mol. The number of nitriles is 1. The van der Waals surface area contributed by atoms with E-state index in [0.29, 0.717) is 25.1 Å². The molecule has 1 aliphatic carbocycles. The van der Waals surface area contributed by atoms with Gasteiger partial charge in [-0.1, -0.05) is 0 Å². The van der Waals surface area contributed by atoms with E-state index in [4.69, 9.17) is 4.74 Å². The van der Waals surface area contributed by atoms with Crippen molar-refractivity contribution in [2.24, 2.45) is 0 Å². The van der Waals surface area contributed by atoms with Gasteiger partial charge in [0.25, 0.3) is 11.8 Å². The summed E-state index contributed by atoms with van der Waals surface area (Å²) < 4.78 is 5.09. The van der Waals surface area contributed by atoms with Crippen molar-refractivity contribution < 1.29 is 19.2 Å². The third kappa shape index (κ3) is 5.46. The van der Waals surface area contributed by atoms with E-state index < -0.39 is 5.54 Å². The van der Waals surface area contributed by atoms with Crippen LogP contribution in [0.15, 0.2) is 24.3 Å². The van der Waals surface area contributed by atoms with Gasteiger partial charge in [0, 0.05) is 5.69 Å². The van der Waals surface area contributed by atoms with Crippen LogP contribution in [0.5, 0.6) is 5.75 Å². The number of rotatable bonds is 8. The molecule has 3 N–H and O–H groups in total. The molecule has 7 heteroatoms. The van der Waals surface area contributed by atoms with Crippen molar-refractivity contribution in [3.63, 3.8) is 0 Å². The number of likely N-dealkylation sites (N-methyl/N-ethyl adjacent to an activating group) is 1. The molecule has 1 fully saturated rings. The molecule has 1 aromatic carbocycles. The van der Waals surface area contributed by atoms with Crippen LogP contribution in [0.4, 0.5) is 5.69 Å². The molecule has 0 aromatic heterocycles. The van der Waals surface area contributed by atoms with Gasteiger partial charge in [-0.25, -0.2) is 0 Å². The van der Waals surface area contributed by atoms with Crippen LogP contribution in [0.3, 0.4) is 0 Å². The van der Waals surface area contributed by atoms with E-state index in [1.54, 1.807) is 31.4 Å². The monoisotopic (exact) mass is 359 g/mol. The summed E-state index contributed by atoms with van der Waals surface area (Å²) in [4.78, 5) is 25.4. The summed E-state index contributed by atoms with van der Waals surface area (Å²) in [6.45, 7) is 2.94. The first-order valence-corrected chi connectivity index (χ1v) is 9.00. The zero-order valence-electron chi connectivity index (χ0n) is 15.4. The first-order chi connectivity index (χ1) is 12.5. The average molecular weight is 359 g/mol. The molecule has 140 valence electrons. The maximum absolute atomic E-state index is 12.3. The minimum Gasteiger partial charge on any atom is -0.497 e. The predicted molar refractivity (Wildman–Crippen MR) is 97.8 cm³/mol. The molecule has 2 amide bonds. The van der Waals surface area contributed by atoms with E-state index in [-0.39, 0.29) is 24.9 Å². The van der Waals surface area contributed by atoms with E-state index >= 15 is 0 Å². The van der Waals surface area contributed by atoms with Gasteiger partial charge in [0.1, 0.15) is 11.3 Å². The Kier molecular flexibility index (Phi) is 6.98. The van der Waals surface area contributed by atoms with E-state index in [0.717, 1.165) is 23.5 Å². The Hall–Kier alpha value is -2.59. The number of carbonyl (C=O) groups excluding carboxylic acids is 2. The van der Waals surface area contributed by atoms with Gasteiger partial charge in [-0.2, -0.15) is 5.26 Å². The summed E-state index contributed by atoms with van der Waals surface area (Å²) >= 11 is 0. The number of amides is 2. The number of carbonyl (C=O) groups is 2. The van der Waals surface area contributed by atoms with Crippen molar-refractivity contribution in [2.45, 2.75) is 38.1 Å². The molecule has 1 aromatic rings. The summed E-state index contributed by atoms with van der Waals surface area (Å²) in [7, 11) is 1.59. The number of anilines is 1. The lowest BCUT2D eigenvalue weighted by atomic mass is 10.00. The second-order valence-corrected chi connectivity index (χ2v) is 6.68. The van der Waals surface area contributed by atoms with Gasteiger partial charge >= 0.3 is 0 Å². The molecule has 2 rings (SSSR count). The fourth-order valence-electron chi connectivity index (χ4n) is 3.20. The highest BCUT2D eigenvalue weighted by molar-refractivity contribution is 5.91. The minimum atomic E-state index is -0.721. The summed E-state index contributed by atoms with van der Waals surface area (Å²) in [5.41, 5.74) is -0.0357. The van der Waals surface area contributed by atoms with E-state index in [9.17, 15) is 14.9 Å². The standard InChI is InChI=1S/C19H26N4O3/c1-3-23(13-18(25)22-19(14-20)10-4-5-11-19)12-17(24)21-15-6-8-16(26-2)9-7-15/h6-9H,3-5,10-13H2,1-2H3,(H,21,24)(H,22,25)/p+1. The van der Waals surface area contributed by atoms with Crippen LogP contribution < -0.4 is 20.3 Å². The van der Waals surface area contributed by atoms with Crippen molar-refractivity contribution in [2.75, 3.05) is 32.1 Å². The lowest BCUT2D eigenvalue weighted by Gasteiger charge is -2.23. The van der Waals surface area contributed by atoms with Gasteiger partial charge in [-0.3, -0.25) is 9.59 Å². The largest absolute Gasteiger partial charge is 0.497 e. The smallest absolute Gasteiger partial charge is 0.279 e. The molecule has 0 saturated heterocycles. The highest BCUT2D eigenvalue weighted by Crippen LogP contribution is 2.28. The Morgan fingerprint density at radius 2 is 1.81 bits per heavy atom. The van der Waals surface area contributed by atoms with E-state index in [1.807, 2.05) is 6.92 Å². The second-order valence-electron chi connectivity index (χ2n) is 6.68. The Morgan fingerprint density at radius 1 is 1.19 bits per heavy atom. The SMILES string of the molecule is CC[NH+](CC(=O)Nc1ccc(OC)cc1)CC(=O)NC1(C#N)CCCC1. The zero-order valence-corrected chi connectivity index (χ0v) is 15.4. The van der Waals surface area contributed by atoms with Crippen LogP contribution >= 0.6 is 0 Å². The van der Waals surface area contributed by atoms with Crippen LogP contribution in [0, 0.1) is 11.3 Å². The lowest BCUT2D eigenvalue weighted by Crippen LogP contribution is -3.14. The molecule has 0 aliphatic heterocycles. The Morgan fingerprint density at radius 3 is 2.35 bits per heavy atom. The third-order valence-electron chi connectivity index (χ3n) is 4.74. The molecule has 1 aliphatic rings. The minimum absolute atomic E-state index is 0.157. The Balaban J connectivity index is 1.84. The van der Waals surface area contributed by atoms with Crippen LogP contribution in [0.1, 0.15) is 32.6 Å². The van der Waals surface area contributed by atoms with Crippen molar-refractivity contribution in [1.29, 1.82) is 5.26 Å². The topological polar surface area (TPSA) is 95.7 Å². The zero-order chi connectivity index (χ0) is 19.0. The number of quaternary nitrogens is 1. The quantitative estimate of drug-likeness (QED) is 0.629. The van der Waals surface area contributed by atoms with Gasteiger partial charge in [-0.05, 0) is 56.9 Å². The summed E-state index contributed by atoms with van der Waals surface area (Å²) in [5.74, 6) is 0.386. The molecule has 1 saturated carbocycles. The summed E-state index contributed by atoms with van der Waals surface area (Å²) in [6.07, 6.45) is 3.33. The van der Waals surface area contributed by atoms with Crippen LogP contribution in [-0.2, 0) is 9.59 Å². The Labute approximate surface area is 154 Å². The molecule has 26 heavy (non-hydrogen) atoms. The molecule has 0 heterocycles. The van der Waals surface area contributed by atoms with Gasteiger partial charge in [0.2, 0.25) is 0 Å². The average Bonchev–Trinajstić information content (AvgIpc) is 3.10. The fraction of sp³-hybridized carbons (Fsp3) is 0.526. The van der Waals surface area contributed by atoms with Crippen molar-refractivity contribution >= 4 is 17.5 Å². The second kappa shape index (κ2) is 9.20. The maximum atomic E-state index is 12.3. The highest BCUT2D eigenvalue weighted by Gasteiger charge is 2.36. The van der Waals surface area contributed by atoms with Gasteiger partial charge < -0.3 is 20.3 Å². The Bertz CT molecular complexity index is 660. The fourth-order valence-corrected chi connectivity index (χ4v) is 3.20. The van der Waals surface area contributed by atoms with Gasteiger partial charge in [-0.15, -0.1) is 0 Å². The number of ether oxygens (including phenoxy) is 1. The molecule has 0 spiro atoms. The van der Waals surface area contributed by atoms with Gasteiger partial charge in [0.05, 0.1) is 19.7 Å². The van der Waals surface area contributed by atoms with Crippen molar-refractivity contribution in [1.82, 2.24) is 5.32 Å². The van der Waals surface area contributed by atoms with Crippen LogP contribution in [0.25, 0.3) is 0 Å². The van der Waals surface area contributed by atoms with Crippen molar-refractivity contribution in [3.8, 4) is 11.8 Å². The first-order valence-electron chi connectivity index (χ1n) is 9.00. The predicted octanol–water partition coefficient (Wildman–Crippen LogP) is 0.491. The third-order valence-corrected chi connectivity index (χ3v) is 4.74. The maximum Gasteiger partial charge on any atom is 0.279 e. The first kappa shape index (κ1) is 19.7. The number of nitrogens with one attached hydrogen (secondary N) is 3. The lowest BCUT2D eigenvalue weighted by molar-refractivity contribution is -0.881. The summed E-state index contributed by atoms with van der Waals surface area (Å²) in [6, 6.07) is 9.34. The molecule has 0 bridgehead atoms. The number of hydrogen-bond donors (Lipinski definition) is 3. The number of hydrogen-bond acceptors (Lipinski definition) is 4. The molecule has 1 atom stereocenters. The normalized spacial score (nSPS) is 16.3. The molecular formula is C19H27N4O3+. The highest BCUT2D eigenvalue weighted by atomic mass is 16.5. The van der Waals surface area contributed by atoms with E-state index in [2.05, 4.69) is 16.7 Å². The molecule has 0 radical (unpaired) electrons. The number of methoxy groups -OCH3 is 1. The van der Waals surface area contributed by atoms with Crippen LogP contribution in [0.2, 0.25) is 0 Å². The van der Waals surface area contributed by atoms with E-state index in [1.165, 1.54) is 0 Å². The number of nitrogens with zero attached hydrogens (tertiary/aromatic N) is 1. The number of benzene rings is 1. The molecule has 1 unspecified atom stereocenters.